The number of anilines is 1. The van der Waals surface area contributed by atoms with Crippen molar-refractivity contribution < 1.29 is 9.84 Å². The predicted octanol–water partition coefficient (Wildman–Crippen LogP) is 2.90. The quantitative estimate of drug-likeness (QED) is 0.872. The molecule has 1 aliphatic heterocycles. The molecule has 0 aromatic heterocycles. The zero-order valence-corrected chi connectivity index (χ0v) is 14.4. The Bertz CT molecular complexity index is 630. The fraction of sp³-hybridized carbons (Fsp3) is 0.368. The number of para-hydroxylation sites is 1. The van der Waals surface area contributed by atoms with E-state index in [1.165, 1.54) is 0 Å². The van der Waals surface area contributed by atoms with E-state index in [2.05, 4.69) is 15.9 Å². The minimum Gasteiger partial charge on any atom is -0.491 e. The molecule has 0 spiro atoms. The van der Waals surface area contributed by atoms with Crippen LogP contribution in [0.15, 0.2) is 54.6 Å². The summed E-state index contributed by atoms with van der Waals surface area (Å²) >= 11 is 6.06. The molecule has 2 aromatic carbocycles. The Balaban J connectivity index is 1.42. The highest BCUT2D eigenvalue weighted by molar-refractivity contribution is 6.30. The van der Waals surface area contributed by atoms with Gasteiger partial charge in [0.05, 0.1) is 0 Å². The molecule has 0 bridgehead atoms. The van der Waals surface area contributed by atoms with Crippen LogP contribution in [0.5, 0.6) is 5.75 Å². The Morgan fingerprint density at radius 1 is 1.00 bits per heavy atom. The van der Waals surface area contributed by atoms with E-state index in [-0.39, 0.29) is 0 Å². The third-order valence-corrected chi connectivity index (χ3v) is 4.44. The van der Waals surface area contributed by atoms with Crippen molar-refractivity contribution in [1.82, 2.24) is 4.90 Å². The zero-order valence-electron chi connectivity index (χ0n) is 13.6. The number of aliphatic hydroxyl groups excluding tert-OH is 1. The van der Waals surface area contributed by atoms with Gasteiger partial charge in [0.2, 0.25) is 0 Å². The standard InChI is InChI=1S/C19H23ClN2O2/c20-16-5-4-6-17(13-16)22-11-9-21(10-12-22)14-18(23)15-24-19-7-2-1-3-8-19/h1-8,13,18,23H,9-12,14-15H2. The molecule has 0 radical (unpaired) electrons. The molecule has 2 aromatic rings. The van der Waals surface area contributed by atoms with E-state index in [1.807, 2.05) is 48.5 Å². The van der Waals surface area contributed by atoms with Gasteiger partial charge in [-0.2, -0.15) is 0 Å². The Hall–Kier alpha value is -1.75. The number of ether oxygens (including phenoxy) is 1. The maximum atomic E-state index is 10.2. The predicted molar refractivity (Wildman–Crippen MR) is 98.0 cm³/mol. The largest absolute Gasteiger partial charge is 0.491 e. The number of halogens is 1. The van der Waals surface area contributed by atoms with Gasteiger partial charge in [-0.15, -0.1) is 0 Å². The van der Waals surface area contributed by atoms with Gasteiger partial charge in [0.25, 0.3) is 0 Å². The van der Waals surface area contributed by atoms with Crippen LogP contribution < -0.4 is 9.64 Å². The zero-order chi connectivity index (χ0) is 16.8. The van der Waals surface area contributed by atoms with Crippen molar-refractivity contribution in [3.8, 4) is 5.75 Å². The number of piperazine rings is 1. The van der Waals surface area contributed by atoms with Crippen LogP contribution in [0.4, 0.5) is 5.69 Å². The van der Waals surface area contributed by atoms with E-state index in [1.54, 1.807) is 0 Å². The summed E-state index contributed by atoms with van der Waals surface area (Å²) in [6.45, 7) is 4.68. The van der Waals surface area contributed by atoms with Crippen LogP contribution in [0, 0.1) is 0 Å². The summed E-state index contributed by atoms with van der Waals surface area (Å²) in [7, 11) is 0. The molecule has 3 rings (SSSR count). The first kappa shape index (κ1) is 17.1. The maximum Gasteiger partial charge on any atom is 0.119 e. The summed E-state index contributed by atoms with van der Waals surface area (Å²) in [6.07, 6.45) is -0.483. The summed E-state index contributed by atoms with van der Waals surface area (Å²) < 4.78 is 5.61. The Labute approximate surface area is 148 Å². The Kier molecular flexibility index (Phi) is 5.96. The van der Waals surface area contributed by atoms with Crippen LogP contribution >= 0.6 is 11.6 Å². The molecular weight excluding hydrogens is 324 g/mol. The van der Waals surface area contributed by atoms with Crippen molar-refractivity contribution in [2.75, 3.05) is 44.2 Å². The molecule has 1 atom stereocenters. The fourth-order valence-electron chi connectivity index (χ4n) is 2.92. The smallest absolute Gasteiger partial charge is 0.119 e. The van der Waals surface area contributed by atoms with Crippen molar-refractivity contribution in [2.45, 2.75) is 6.10 Å². The lowest BCUT2D eigenvalue weighted by atomic mass is 10.2. The minimum absolute atomic E-state index is 0.318. The van der Waals surface area contributed by atoms with Gasteiger partial charge in [-0.1, -0.05) is 35.9 Å². The minimum atomic E-state index is -0.483. The molecule has 0 amide bonds. The van der Waals surface area contributed by atoms with Crippen LogP contribution in [0.1, 0.15) is 0 Å². The molecule has 1 N–H and O–H groups in total. The van der Waals surface area contributed by atoms with Gasteiger partial charge in [0, 0.05) is 43.4 Å². The second kappa shape index (κ2) is 8.38. The second-order valence-corrected chi connectivity index (χ2v) is 6.48. The molecule has 0 saturated carbocycles. The van der Waals surface area contributed by atoms with Crippen LogP contribution in [0.25, 0.3) is 0 Å². The lowest BCUT2D eigenvalue weighted by molar-refractivity contribution is 0.0663. The number of hydrogen-bond acceptors (Lipinski definition) is 4. The normalized spacial score (nSPS) is 16.8. The van der Waals surface area contributed by atoms with Gasteiger partial charge in [-0.25, -0.2) is 0 Å². The molecule has 1 aliphatic rings. The van der Waals surface area contributed by atoms with Gasteiger partial charge in [-0.05, 0) is 30.3 Å². The number of aliphatic hydroxyl groups is 1. The van der Waals surface area contributed by atoms with E-state index >= 15 is 0 Å². The maximum absolute atomic E-state index is 10.2. The van der Waals surface area contributed by atoms with Gasteiger partial charge < -0.3 is 14.7 Å². The topological polar surface area (TPSA) is 35.9 Å². The SMILES string of the molecule is OC(COc1ccccc1)CN1CCN(c2cccc(Cl)c2)CC1. The number of benzene rings is 2. The summed E-state index contributed by atoms with van der Waals surface area (Å²) in [5, 5.41) is 11.0. The van der Waals surface area contributed by atoms with Crippen LogP contribution in [-0.2, 0) is 0 Å². The number of hydrogen-bond donors (Lipinski definition) is 1. The van der Waals surface area contributed by atoms with E-state index in [0.29, 0.717) is 13.2 Å². The molecule has 4 nitrogen and oxygen atoms in total. The highest BCUT2D eigenvalue weighted by Crippen LogP contribution is 2.20. The first-order valence-corrected chi connectivity index (χ1v) is 8.67. The Morgan fingerprint density at radius 3 is 2.46 bits per heavy atom. The molecule has 1 fully saturated rings. The van der Waals surface area contributed by atoms with Gasteiger partial charge >= 0.3 is 0 Å². The number of β-amino-alcohol motifs (C(OH)–C–C–N with tert-alkyl or cyclic N) is 1. The van der Waals surface area contributed by atoms with Gasteiger partial charge in [0.15, 0.2) is 0 Å². The average Bonchev–Trinajstić information content (AvgIpc) is 2.61. The second-order valence-electron chi connectivity index (χ2n) is 6.05. The molecule has 24 heavy (non-hydrogen) atoms. The molecular formula is C19H23ClN2O2. The summed E-state index contributed by atoms with van der Waals surface area (Å²) in [6, 6.07) is 17.6. The van der Waals surface area contributed by atoms with E-state index in [4.69, 9.17) is 16.3 Å². The summed E-state index contributed by atoms with van der Waals surface area (Å²) in [5.41, 5.74) is 1.16. The van der Waals surface area contributed by atoms with E-state index in [0.717, 1.165) is 42.6 Å². The molecule has 5 heteroatoms. The lowest BCUT2D eigenvalue weighted by Gasteiger charge is -2.36. The van der Waals surface area contributed by atoms with Crippen molar-refractivity contribution >= 4 is 17.3 Å². The molecule has 0 aliphatic carbocycles. The first-order valence-electron chi connectivity index (χ1n) is 8.29. The third kappa shape index (κ3) is 4.87. The van der Waals surface area contributed by atoms with Crippen LogP contribution in [0.2, 0.25) is 5.02 Å². The number of nitrogens with zero attached hydrogens (tertiary/aromatic N) is 2. The van der Waals surface area contributed by atoms with Crippen LogP contribution in [-0.4, -0.2) is 55.4 Å². The first-order chi connectivity index (χ1) is 11.7. The summed E-state index contributed by atoms with van der Waals surface area (Å²) in [4.78, 5) is 4.61. The highest BCUT2D eigenvalue weighted by Gasteiger charge is 2.19. The Morgan fingerprint density at radius 2 is 1.75 bits per heavy atom. The van der Waals surface area contributed by atoms with Crippen molar-refractivity contribution in [3.05, 3.63) is 59.6 Å². The summed E-state index contributed by atoms with van der Waals surface area (Å²) in [5.74, 6) is 0.794. The molecule has 1 unspecified atom stereocenters. The molecule has 1 saturated heterocycles. The molecule has 1 heterocycles. The van der Waals surface area contributed by atoms with Crippen molar-refractivity contribution in [3.63, 3.8) is 0 Å². The number of rotatable bonds is 6. The van der Waals surface area contributed by atoms with Crippen LogP contribution in [0.3, 0.4) is 0 Å². The highest BCUT2D eigenvalue weighted by atomic mass is 35.5. The van der Waals surface area contributed by atoms with Gasteiger partial charge in [-0.3, -0.25) is 4.90 Å². The average molecular weight is 347 g/mol. The van der Waals surface area contributed by atoms with Crippen molar-refractivity contribution in [1.29, 1.82) is 0 Å². The van der Waals surface area contributed by atoms with E-state index in [9.17, 15) is 5.11 Å². The fourth-order valence-corrected chi connectivity index (χ4v) is 3.11. The van der Waals surface area contributed by atoms with Gasteiger partial charge in [0.1, 0.15) is 18.5 Å². The molecule has 128 valence electrons. The lowest BCUT2D eigenvalue weighted by Crippen LogP contribution is -2.49. The monoisotopic (exact) mass is 346 g/mol. The third-order valence-electron chi connectivity index (χ3n) is 4.20. The van der Waals surface area contributed by atoms with E-state index < -0.39 is 6.10 Å². The van der Waals surface area contributed by atoms with Crippen molar-refractivity contribution in [2.24, 2.45) is 0 Å².